The SMILES string of the molecule is CC(C)[C@H](NC(=O)Cc1cnc[nH]1)C(=O)N1Cc2ccccc2C[C@H]1C(=O)NCCCS(C)(=O)=O. The van der Waals surface area contributed by atoms with Crippen LogP contribution in [0.4, 0.5) is 0 Å². The molecule has 0 saturated carbocycles. The van der Waals surface area contributed by atoms with Gasteiger partial charge in [-0.05, 0) is 23.5 Å². The summed E-state index contributed by atoms with van der Waals surface area (Å²) in [5.41, 5.74) is 2.57. The summed E-state index contributed by atoms with van der Waals surface area (Å²) in [5, 5.41) is 5.61. The van der Waals surface area contributed by atoms with Crippen molar-refractivity contribution in [3.63, 3.8) is 0 Å². The summed E-state index contributed by atoms with van der Waals surface area (Å²) in [6, 6.07) is 6.07. The first-order valence-corrected chi connectivity index (χ1v) is 13.7. The second-order valence-electron chi connectivity index (χ2n) is 9.27. The van der Waals surface area contributed by atoms with E-state index in [2.05, 4.69) is 20.6 Å². The zero-order valence-electron chi connectivity index (χ0n) is 20.3. The maximum absolute atomic E-state index is 13.7. The molecule has 3 N–H and O–H groups in total. The molecule has 2 atom stereocenters. The molecule has 0 unspecified atom stereocenters. The van der Waals surface area contributed by atoms with Crippen molar-refractivity contribution in [3.05, 3.63) is 53.6 Å². The van der Waals surface area contributed by atoms with E-state index in [9.17, 15) is 22.8 Å². The van der Waals surface area contributed by atoms with Gasteiger partial charge in [-0.15, -0.1) is 0 Å². The molecule has 1 aliphatic heterocycles. The number of carbonyl (C=O) groups excluding carboxylic acids is 3. The van der Waals surface area contributed by atoms with E-state index in [4.69, 9.17) is 0 Å². The van der Waals surface area contributed by atoms with Crippen LogP contribution >= 0.6 is 0 Å². The first-order chi connectivity index (χ1) is 16.5. The summed E-state index contributed by atoms with van der Waals surface area (Å²) in [7, 11) is -3.12. The number of carbonyl (C=O) groups is 3. The lowest BCUT2D eigenvalue weighted by atomic mass is 9.91. The predicted molar refractivity (Wildman–Crippen MR) is 131 cm³/mol. The van der Waals surface area contributed by atoms with Gasteiger partial charge in [-0.25, -0.2) is 13.4 Å². The van der Waals surface area contributed by atoms with Crippen molar-refractivity contribution in [2.75, 3.05) is 18.6 Å². The van der Waals surface area contributed by atoms with Crippen LogP contribution in [0.15, 0.2) is 36.8 Å². The van der Waals surface area contributed by atoms with Crippen molar-refractivity contribution < 1.29 is 22.8 Å². The Morgan fingerprint density at radius 3 is 2.54 bits per heavy atom. The average molecular weight is 504 g/mol. The van der Waals surface area contributed by atoms with Gasteiger partial charge in [0.1, 0.15) is 21.9 Å². The molecule has 2 aromatic rings. The summed E-state index contributed by atoms with van der Waals surface area (Å²) in [5.74, 6) is -1.22. The van der Waals surface area contributed by atoms with E-state index in [-0.39, 0.29) is 48.9 Å². The Balaban J connectivity index is 1.76. The van der Waals surface area contributed by atoms with E-state index >= 15 is 0 Å². The number of H-pyrrole nitrogens is 1. The summed E-state index contributed by atoms with van der Waals surface area (Å²) >= 11 is 0. The Morgan fingerprint density at radius 1 is 1.20 bits per heavy atom. The van der Waals surface area contributed by atoms with Gasteiger partial charge in [0.25, 0.3) is 0 Å². The number of benzene rings is 1. The Bertz CT molecular complexity index is 1150. The monoisotopic (exact) mass is 503 g/mol. The van der Waals surface area contributed by atoms with E-state index < -0.39 is 21.9 Å². The Hall–Kier alpha value is -3.21. The molecule has 0 fully saturated rings. The molecule has 1 aromatic heterocycles. The van der Waals surface area contributed by atoms with Gasteiger partial charge in [0.15, 0.2) is 0 Å². The van der Waals surface area contributed by atoms with Crippen molar-refractivity contribution in [2.45, 2.75) is 51.7 Å². The molecule has 10 nitrogen and oxygen atoms in total. The van der Waals surface area contributed by atoms with Gasteiger partial charge in [0.05, 0.1) is 18.5 Å². The number of nitrogens with zero attached hydrogens (tertiary/aromatic N) is 2. The Kier molecular flexibility index (Phi) is 8.66. The second kappa shape index (κ2) is 11.5. The Morgan fingerprint density at radius 2 is 1.91 bits per heavy atom. The van der Waals surface area contributed by atoms with Gasteiger partial charge in [-0.3, -0.25) is 14.4 Å². The number of hydrogen-bond donors (Lipinski definition) is 3. The lowest BCUT2D eigenvalue weighted by molar-refractivity contribution is -0.145. The number of aromatic amines is 1. The van der Waals surface area contributed by atoms with Crippen molar-refractivity contribution in [1.29, 1.82) is 0 Å². The number of sulfone groups is 1. The third-order valence-electron chi connectivity index (χ3n) is 5.98. The fourth-order valence-corrected chi connectivity index (χ4v) is 4.79. The van der Waals surface area contributed by atoms with Gasteiger partial charge >= 0.3 is 0 Å². The number of hydrogen-bond acceptors (Lipinski definition) is 6. The molecule has 11 heteroatoms. The topological polar surface area (TPSA) is 141 Å². The van der Waals surface area contributed by atoms with E-state index in [1.165, 1.54) is 11.2 Å². The highest BCUT2D eigenvalue weighted by Crippen LogP contribution is 2.25. The smallest absolute Gasteiger partial charge is 0.246 e. The van der Waals surface area contributed by atoms with Gasteiger partial charge in [-0.2, -0.15) is 0 Å². The van der Waals surface area contributed by atoms with Gasteiger partial charge in [0, 0.05) is 37.7 Å². The van der Waals surface area contributed by atoms with Crippen LogP contribution in [0.3, 0.4) is 0 Å². The molecule has 35 heavy (non-hydrogen) atoms. The zero-order chi connectivity index (χ0) is 25.6. The summed E-state index contributed by atoms with van der Waals surface area (Å²) in [6.07, 6.45) is 4.88. The number of amides is 3. The van der Waals surface area contributed by atoms with Crippen LogP contribution in [0.5, 0.6) is 0 Å². The molecule has 0 bridgehead atoms. The molecular weight excluding hydrogens is 470 g/mol. The molecule has 1 aliphatic rings. The lowest BCUT2D eigenvalue weighted by Gasteiger charge is -2.38. The Labute approximate surface area is 205 Å². The molecule has 0 saturated heterocycles. The van der Waals surface area contributed by atoms with Gasteiger partial charge in [-0.1, -0.05) is 38.1 Å². The van der Waals surface area contributed by atoms with Crippen molar-refractivity contribution in [3.8, 4) is 0 Å². The number of aromatic nitrogens is 2. The van der Waals surface area contributed by atoms with E-state index in [1.54, 1.807) is 6.20 Å². The predicted octanol–water partition coefficient (Wildman–Crippen LogP) is 0.597. The minimum atomic E-state index is -3.12. The minimum Gasteiger partial charge on any atom is -0.354 e. The summed E-state index contributed by atoms with van der Waals surface area (Å²) < 4.78 is 22.8. The molecule has 190 valence electrons. The number of nitrogens with one attached hydrogen (secondary N) is 3. The number of fused-ring (bicyclic) bond motifs is 1. The fourth-order valence-electron chi connectivity index (χ4n) is 4.12. The molecular formula is C24H33N5O5S. The minimum absolute atomic E-state index is 0.0266. The highest BCUT2D eigenvalue weighted by Gasteiger charge is 2.38. The van der Waals surface area contributed by atoms with E-state index in [1.807, 2.05) is 38.1 Å². The molecule has 3 rings (SSSR count). The third-order valence-corrected chi connectivity index (χ3v) is 7.01. The molecule has 0 radical (unpaired) electrons. The normalized spacial score (nSPS) is 16.5. The summed E-state index contributed by atoms with van der Waals surface area (Å²) in [6.45, 7) is 4.13. The van der Waals surface area contributed by atoms with Crippen molar-refractivity contribution in [2.24, 2.45) is 5.92 Å². The molecule has 2 heterocycles. The van der Waals surface area contributed by atoms with Crippen molar-refractivity contribution >= 4 is 27.6 Å². The van der Waals surface area contributed by atoms with Crippen LogP contribution in [0, 0.1) is 5.92 Å². The maximum Gasteiger partial charge on any atom is 0.246 e. The van der Waals surface area contributed by atoms with Crippen molar-refractivity contribution in [1.82, 2.24) is 25.5 Å². The highest BCUT2D eigenvalue weighted by molar-refractivity contribution is 7.90. The van der Waals surface area contributed by atoms with Crippen LogP contribution in [-0.2, 0) is 43.6 Å². The molecule has 3 amide bonds. The summed E-state index contributed by atoms with van der Waals surface area (Å²) in [4.78, 5) is 47.7. The third kappa shape index (κ3) is 7.38. The van der Waals surface area contributed by atoms with Crippen LogP contribution < -0.4 is 10.6 Å². The standard InChI is InChI=1S/C24H33N5O5S/c1-16(2)22(28-21(30)12-19-13-25-15-27-19)24(32)29-14-18-8-5-4-7-17(18)11-20(29)23(31)26-9-6-10-35(3,33)34/h4-5,7-8,13,15-16,20,22H,6,9-12,14H2,1-3H3,(H,25,27)(H,26,31)(H,28,30)/t20-,22-/m0/s1. The number of imidazole rings is 1. The van der Waals surface area contributed by atoms with Crippen LogP contribution in [0.25, 0.3) is 0 Å². The van der Waals surface area contributed by atoms with Gasteiger partial charge in [0.2, 0.25) is 17.7 Å². The fraction of sp³-hybridized carbons (Fsp3) is 0.500. The first-order valence-electron chi connectivity index (χ1n) is 11.6. The highest BCUT2D eigenvalue weighted by atomic mass is 32.2. The van der Waals surface area contributed by atoms with E-state index in [0.29, 0.717) is 18.5 Å². The quantitative estimate of drug-likeness (QED) is 0.406. The zero-order valence-corrected chi connectivity index (χ0v) is 21.1. The molecule has 1 aromatic carbocycles. The average Bonchev–Trinajstić information content (AvgIpc) is 3.31. The van der Waals surface area contributed by atoms with Crippen LogP contribution in [0.1, 0.15) is 37.1 Å². The maximum atomic E-state index is 13.7. The first kappa shape index (κ1) is 26.4. The van der Waals surface area contributed by atoms with Crippen LogP contribution in [0.2, 0.25) is 0 Å². The second-order valence-corrected chi connectivity index (χ2v) is 11.5. The lowest BCUT2D eigenvalue weighted by Crippen LogP contribution is -2.59. The van der Waals surface area contributed by atoms with E-state index in [0.717, 1.165) is 17.4 Å². The van der Waals surface area contributed by atoms with Gasteiger partial charge < -0.3 is 20.5 Å². The largest absolute Gasteiger partial charge is 0.354 e. The molecule has 0 aliphatic carbocycles. The molecule has 0 spiro atoms. The number of rotatable bonds is 10. The van der Waals surface area contributed by atoms with Crippen LogP contribution in [-0.4, -0.2) is 71.6 Å².